The van der Waals surface area contributed by atoms with Crippen LogP contribution in [0.2, 0.25) is 0 Å². The van der Waals surface area contributed by atoms with Crippen LogP contribution in [0.4, 0.5) is 5.95 Å². The Morgan fingerprint density at radius 1 is 1.10 bits per heavy atom. The third-order valence-electron chi connectivity index (χ3n) is 5.02. The Balaban J connectivity index is 1.44. The van der Waals surface area contributed by atoms with Crippen molar-refractivity contribution in [1.82, 2.24) is 14.9 Å². The van der Waals surface area contributed by atoms with Gasteiger partial charge in [-0.2, -0.15) is 0 Å². The van der Waals surface area contributed by atoms with Gasteiger partial charge in [-0.1, -0.05) is 0 Å². The molecule has 1 aromatic heterocycles. The summed E-state index contributed by atoms with van der Waals surface area (Å²) >= 11 is 0. The summed E-state index contributed by atoms with van der Waals surface area (Å²) in [5, 5.41) is 0. The molecule has 3 atom stereocenters. The van der Waals surface area contributed by atoms with Crippen LogP contribution in [0.15, 0.2) is 18.5 Å². The van der Waals surface area contributed by atoms with E-state index in [-0.39, 0.29) is 0 Å². The summed E-state index contributed by atoms with van der Waals surface area (Å²) in [4.78, 5) is 14.0. The van der Waals surface area contributed by atoms with Gasteiger partial charge in [-0.25, -0.2) is 9.97 Å². The van der Waals surface area contributed by atoms with Crippen LogP contribution in [0.25, 0.3) is 0 Å². The third-order valence-corrected chi connectivity index (χ3v) is 5.02. The van der Waals surface area contributed by atoms with Crippen molar-refractivity contribution < 1.29 is 4.74 Å². The van der Waals surface area contributed by atoms with E-state index in [1.165, 1.54) is 32.4 Å². The van der Waals surface area contributed by atoms with Crippen molar-refractivity contribution in [3.63, 3.8) is 0 Å². The highest BCUT2D eigenvalue weighted by Gasteiger charge is 2.43. The van der Waals surface area contributed by atoms with Gasteiger partial charge in [0.05, 0.1) is 6.61 Å². The van der Waals surface area contributed by atoms with E-state index in [9.17, 15) is 0 Å². The Morgan fingerprint density at radius 3 is 2.75 bits per heavy atom. The lowest BCUT2D eigenvalue weighted by atomic mass is 10.1. The fourth-order valence-corrected chi connectivity index (χ4v) is 4.05. The first-order valence-corrected chi connectivity index (χ1v) is 7.77. The summed E-state index contributed by atoms with van der Waals surface area (Å²) in [6.45, 7) is 5.44. The smallest absolute Gasteiger partial charge is 0.225 e. The maximum absolute atomic E-state index is 5.51. The monoisotopic (exact) mass is 274 g/mol. The molecule has 0 N–H and O–H groups in total. The zero-order valence-corrected chi connectivity index (χ0v) is 11.8. The molecule has 5 heteroatoms. The van der Waals surface area contributed by atoms with Gasteiger partial charge in [-0.05, 0) is 31.2 Å². The van der Waals surface area contributed by atoms with E-state index in [4.69, 9.17) is 4.74 Å². The number of anilines is 1. The molecule has 0 amide bonds. The van der Waals surface area contributed by atoms with Gasteiger partial charge in [0, 0.05) is 50.7 Å². The maximum Gasteiger partial charge on any atom is 0.225 e. The van der Waals surface area contributed by atoms with Crippen molar-refractivity contribution in [2.75, 3.05) is 37.7 Å². The Morgan fingerprint density at radius 2 is 1.95 bits per heavy atom. The number of ether oxygens (including phenoxy) is 1. The molecule has 0 saturated carbocycles. The molecule has 5 nitrogen and oxygen atoms in total. The van der Waals surface area contributed by atoms with Crippen LogP contribution in [0, 0.1) is 5.92 Å². The lowest BCUT2D eigenvalue weighted by Gasteiger charge is -2.27. The standard InChI is InChI=1S/C15H22N4O/c1-5-16-15(17-6-1)19-8-3-13-14(19)2-7-18(13)10-12-4-9-20-11-12/h1,5-6,12-14H,2-4,7-11H2/t12?,13-,14+/m0/s1. The van der Waals surface area contributed by atoms with Gasteiger partial charge >= 0.3 is 0 Å². The van der Waals surface area contributed by atoms with Crippen LogP contribution in [0.1, 0.15) is 19.3 Å². The molecule has 1 aromatic rings. The number of hydrogen-bond acceptors (Lipinski definition) is 5. The number of hydrogen-bond donors (Lipinski definition) is 0. The van der Waals surface area contributed by atoms with Crippen molar-refractivity contribution in [3.8, 4) is 0 Å². The number of nitrogens with zero attached hydrogens (tertiary/aromatic N) is 4. The van der Waals surface area contributed by atoms with Crippen molar-refractivity contribution in [2.45, 2.75) is 31.3 Å². The molecule has 3 saturated heterocycles. The molecule has 3 aliphatic rings. The van der Waals surface area contributed by atoms with Gasteiger partial charge in [0.1, 0.15) is 0 Å². The summed E-state index contributed by atoms with van der Waals surface area (Å²) < 4.78 is 5.51. The number of rotatable bonds is 3. The Labute approximate surface area is 120 Å². The maximum atomic E-state index is 5.51. The van der Waals surface area contributed by atoms with Crippen LogP contribution < -0.4 is 4.90 Å². The van der Waals surface area contributed by atoms with Crippen LogP contribution in [0.3, 0.4) is 0 Å². The van der Waals surface area contributed by atoms with Gasteiger partial charge in [-0.15, -0.1) is 0 Å². The molecule has 3 fully saturated rings. The molecule has 0 bridgehead atoms. The highest BCUT2D eigenvalue weighted by molar-refractivity contribution is 5.35. The summed E-state index contributed by atoms with van der Waals surface area (Å²) in [7, 11) is 0. The third kappa shape index (κ3) is 2.19. The van der Waals surface area contributed by atoms with E-state index in [0.29, 0.717) is 12.1 Å². The molecule has 0 radical (unpaired) electrons. The van der Waals surface area contributed by atoms with Gasteiger partial charge < -0.3 is 9.64 Å². The average molecular weight is 274 g/mol. The highest BCUT2D eigenvalue weighted by Crippen LogP contribution is 2.34. The van der Waals surface area contributed by atoms with Gasteiger partial charge in [-0.3, -0.25) is 4.90 Å². The fraction of sp³-hybridized carbons (Fsp3) is 0.733. The summed E-state index contributed by atoms with van der Waals surface area (Å²) in [6.07, 6.45) is 7.42. The molecule has 20 heavy (non-hydrogen) atoms. The lowest BCUT2D eigenvalue weighted by Crippen LogP contribution is -2.39. The predicted molar refractivity (Wildman–Crippen MR) is 76.7 cm³/mol. The second-order valence-electron chi connectivity index (χ2n) is 6.18. The molecule has 0 spiro atoms. The second-order valence-corrected chi connectivity index (χ2v) is 6.18. The Hall–Kier alpha value is -1.20. The van der Waals surface area contributed by atoms with Crippen molar-refractivity contribution >= 4 is 5.95 Å². The minimum atomic E-state index is 0.611. The first-order valence-electron chi connectivity index (χ1n) is 7.77. The van der Waals surface area contributed by atoms with E-state index < -0.39 is 0 Å². The molecule has 1 unspecified atom stereocenters. The normalized spacial score (nSPS) is 33.8. The molecular weight excluding hydrogens is 252 g/mol. The number of fused-ring (bicyclic) bond motifs is 1. The highest BCUT2D eigenvalue weighted by atomic mass is 16.5. The molecular formula is C15H22N4O. The zero-order valence-electron chi connectivity index (χ0n) is 11.8. The van der Waals surface area contributed by atoms with Crippen molar-refractivity contribution in [3.05, 3.63) is 18.5 Å². The molecule has 3 aliphatic heterocycles. The fourth-order valence-electron chi connectivity index (χ4n) is 4.05. The van der Waals surface area contributed by atoms with Gasteiger partial charge in [0.15, 0.2) is 0 Å². The van der Waals surface area contributed by atoms with Gasteiger partial charge in [0.25, 0.3) is 0 Å². The first kappa shape index (κ1) is 12.5. The molecule has 0 aliphatic carbocycles. The zero-order chi connectivity index (χ0) is 13.4. The van der Waals surface area contributed by atoms with Crippen LogP contribution in [-0.2, 0) is 4.74 Å². The van der Waals surface area contributed by atoms with E-state index in [1.54, 1.807) is 0 Å². The summed E-state index contributed by atoms with van der Waals surface area (Å²) in [5.41, 5.74) is 0. The van der Waals surface area contributed by atoms with E-state index in [1.807, 2.05) is 18.5 Å². The second kappa shape index (κ2) is 5.30. The minimum Gasteiger partial charge on any atom is -0.381 e. The number of likely N-dealkylation sites (tertiary alicyclic amines) is 1. The topological polar surface area (TPSA) is 41.5 Å². The SMILES string of the molecule is c1cnc(N2CC[C@H]3[C@H]2CCN3CC2CCOC2)nc1. The number of aromatic nitrogens is 2. The van der Waals surface area contributed by atoms with Crippen molar-refractivity contribution in [2.24, 2.45) is 5.92 Å². The molecule has 0 aromatic carbocycles. The van der Waals surface area contributed by atoms with E-state index >= 15 is 0 Å². The van der Waals surface area contributed by atoms with Gasteiger partial charge in [0.2, 0.25) is 5.95 Å². The predicted octanol–water partition coefficient (Wildman–Crippen LogP) is 1.17. The van der Waals surface area contributed by atoms with Crippen LogP contribution >= 0.6 is 0 Å². The van der Waals surface area contributed by atoms with Crippen LogP contribution in [0.5, 0.6) is 0 Å². The minimum absolute atomic E-state index is 0.611. The lowest BCUT2D eigenvalue weighted by molar-refractivity contribution is 0.162. The molecule has 108 valence electrons. The summed E-state index contributed by atoms with van der Waals surface area (Å²) in [5.74, 6) is 1.65. The van der Waals surface area contributed by atoms with Crippen molar-refractivity contribution in [1.29, 1.82) is 0 Å². The van der Waals surface area contributed by atoms with E-state index in [2.05, 4.69) is 19.8 Å². The van der Waals surface area contributed by atoms with E-state index in [0.717, 1.165) is 31.6 Å². The molecule has 4 rings (SSSR count). The average Bonchev–Trinajstić information content (AvgIpc) is 3.19. The first-order chi connectivity index (χ1) is 9.92. The summed E-state index contributed by atoms with van der Waals surface area (Å²) in [6, 6.07) is 3.19. The Bertz CT molecular complexity index is 448. The van der Waals surface area contributed by atoms with Crippen LogP contribution in [-0.4, -0.2) is 59.8 Å². The largest absolute Gasteiger partial charge is 0.381 e. The quantitative estimate of drug-likeness (QED) is 0.827. The Kier molecular flexibility index (Phi) is 3.32. The molecule has 4 heterocycles.